The van der Waals surface area contributed by atoms with Crippen LogP contribution in [0.2, 0.25) is 0 Å². The summed E-state index contributed by atoms with van der Waals surface area (Å²) >= 11 is 1.49. The molecular weight excluding hydrogens is 302 g/mol. The van der Waals surface area contributed by atoms with Gasteiger partial charge in [-0.25, -0.2) is 4.98 Å². The van der Waals surface area contributed by atoms with Gasteiger partial charge in [0.15, 0.2) is 0 Å². The fourth-order valence-corrected chi connectivity index (χ4v) is 3.66. The van der Waals surface area contributed by atoms with Crippen molar-refractivity contribution < 1.29 is 14.2 Å². The zero-order valence-electron chi connectivity index (χ0n) is 13.2. The molecule has 1 unspecified atom stereocenters. The van der Waals surface area contributed by atoms with Gasteiger partial charge in [-0.1, -0.05) is 0 Å². The van der Waals surface area contributed by atoms with Crippen molar-refractivity contribution in [1.82, 2.24) is 9.36 Å². The molecule has 0 aliphatic carbocycles. The van der Waals surface area contributed by atoms with Crippen LogP contribution in [-0.2, 0) is 20.6 Å². The average Bonchev–Trinajstić information content (AvgIpc) is 3.23. The van der Waals surface area contributed by atoms with Gasteiger partial charge in [-0.05, 0) is 25.7 Å². The Morgan fingerprint density at radius 1 is 1.32 bits per heavy atom. The van der Waals surface area contributed by atoms with Gasteiger partial charge in [-0.2, -0.15) is 4.37 Å². The molecule has 0 saturated carbocycles. The van der Waals surface area contributed by atoms with Crippen molar-refractivity contribution in [3.63, 3.8) is 0 Å². The second-order valence-electron chi connectivity index (χ2n) is 5.89. The van der Waals surface area contributed by atoms with Gasteiger partial charge in [0, 0.05) is 44.8 Å². The molecule has 7 heteroatoms. The molecule has 2 aliphatic rings. The second-order valence-corrected chi connectivity index (χ2v) is 6.62. The molecular formula is C15H25N3O3S. The fourth-order valence-electron chi connectivity index (χ4n) is 2.90. The molecule has 1 aromatic rings. The van der Waals surface area contributed by atoms with Gasteiger partial charge < -0.3 is 19.1 Å². The van der Waals surface area contributed by atoms with Crippen molar-refractivity contribution in [3.8, 4) is 0 Å². The van der Waals surface area contributed by atoms with Gasteiger partial charge in [0.25, 0.3) is 0 Å². The summed E-state index contributed by atoms with van der Waals surface area (Å²) in [5.74, 6) is 0.888. The minimum absolute atomic E-state index is 0.324. The maximum atomic E-state index is 6.01. The van der Waals surface area contributed by atoms with Crippen molar-refractivity contribution in [2.75, 3.05) is 44.9 Å². The number of nitrogens with zero attached hydrogens (tertiary/aromatic N) is 3. The molecule has 0 aromatic carbocycles. The number of piperidine rings is 1. The standard InChI is InChI=1S/C15H25N3O3S/c1-19-10-6-14-16-15(22-17-14)18-7-4-12(5-8-18)21-11-13-3-2-9-20-13/h12-13H,2-11H2,1H3. The van der Waals surface area contributed by atoms with Gasteiger partial charge in [0.1, 0.15) is 5.82 Å². The van der Waals surface area contributed by atoms with E-state index in [2.05, 4.69) is 14.3 Å². The van der Waals surface area contributed by atoms with E-state index in [0.717, 1.165) is 62.9 Å². The van der Waals surface area contributed by atoms with E-state index in [-0.39, 0.29) is 0 Å². The lowest BCUT2D eigenvalue weighted by Crippen LogP contribution is -2.38. The van der Waals surface area contributed by atoms with E-state index in [1.54, 1.807) is 7.11 Å². The summed E-state index contributed by atoms with van der Waals surface area (Å²) in [6.07, 6.45) is 5.90. The lowest BCUT2D eigenvalue weighted by Gasteiger charge is -2.31. The summed E-state index contributed by atoms with van der Waals surface area (Å²) in [5.41, 5.74) is 0. The van der Waals surface area contributed by atoms with Crippen LogP contribution < -0.4 is 4.90 Å². The van der Waals surface area contributed by atoms with Crippen LogP contribution in [0.4, 0.5) is 5.13 Å². The molecule has 124 valence electrons. The summed E-state index contributed by atoms with van der Waals surface area (Å²) < 4.78 is 21.1. The predicted molar refractivity (Wildman–Crippen MR) is 85.7 cm³/mol. The van der Waals surface area contributed by atoms with E-state index in [4.69, 9.17) is 14.2 Å². The van der Waals surface area contributed by atoms with E-state index in [9.17, 15) is 0 Å². The predicted octanol–water partition coefficient (Wildman–Crippen LogP) is 1.89. The Labute approximate surface area is 135 Å². The number of anilines is 1. The number of hydrogen-bond acceptors (Lipinski definition) is 7. The summed E-state index contributed by atoms with van der Waals surface area (Å²) in [6, 6.07) is 0. The Balaban J connectivity index is 1.40. The topological polar surface area (TPSA) is 56.7 Å². The molecule has 2 fully saturated rings. The van der Waals surface area contributed by atoms with E-state index in [1.807, 2.05) is 0 Å². The molecule has 1 atom stereocenters. The molecule has 3 heterocycles. The Kier molecular flexibility index (Phi) is 6.00. The molecule has 0 amide bonds. The quantitative estimate of drug-likeness (QED) is 0.762. The molecule has 0 N–H and O–H groups in total. The number of rotatable bonds is 7. The SMILES string of the molecule is COCCc1nsc(N2CCC(OCC3CCCO3)CC2)n1. The average molecular weight is 327 g/mol. The van der Waals surface area contributed by atoms with Crippen LogP contribution in [0.3, 0.4) is 0 Å². The first kappa shape index (κ1) is 16.1. The highest BCUT2D eigenvalue weighted by Crippen LogP contribution is 2.24. The largest absolute Gasteiger partial charge is 0.384 e. The molecule has 22 heavy (non-hydrogen) atoms. The monoisotopic (exact) mass is 327 g/mol. The first-order valence-electron chi connectivity index (χ1n) is 8.15. The minimum Gasteiger partial charge on any atom is -0.384 e. The van der Waals surface area contributed by atoms with E-state index < -0.39 is 0 Å². The zero-order valence-corrected chi connectivity index (χ0v) is 14.0. The van der Waals surface area contributed by atoms with Crippen LogP contribution in [0.1, 0.15) is 31.5 Å². The van der Waals surface area contributed by atoms with Crippen molar-refractivity contribution >= 4 is 16.7 Å². The Hall–Kier alpha value is -0.760. The van der Waals surface area contributed by atoms with Crippen molar-refractivity contribution in [2.24, 2.45) is 0 Å². The molecule has 1 aromatic heterocycles. The molecule has 0 spiro atoms. The van der Waals surface area contributed by atoms with Gasteiger partial charge in [0.05, 0.1) is 25.4 Å². The fraction of sp³-hybridized carbons (Fsp3) is 0.867. The van der Waals surface area contributed by atoms with Crippen LogP contribution in [0, 0.1) is 0 Å². The Morgan fingerprint density at radius 3 is 2.91 bits per heavy atom. The summed E-state index contributed by atoms with van der Waals surface area (Å²) in [4.78, 5) is 6.92. The third-order valence-corrected chi connectivity index (χ3v) is 5.06. The van der Waals surface area contributed by atoms with Crippen LogP contribution in [-0.4, -0.2) is 61.6 Å². The van der Waals surface area contributed by atoms with Gasteiger partial charge in [-0.15, -0.1) is 0 Å². The third-order valence-electron chi connectivity index (χ3n) is 4.24. The first-order valence-corrected chi connectivity index (χ1v) is 8.92. The van der Waals surface area contributed by atoms with Crippen molar-refractivity contribution in [2.45, 2.75) is 44.3 Å². The highest BCUT2D eigenvalue weighted by Gasteiger charge is 2.24. The van der Waals surface area contributed by atoms with Crippen molar-refractivity contribution in [1.29, 1.82) is 0 Å². The Bertz CT molecular complexity index is 443. The minimum atomic E-state index is 0.324. The van der Waals surface area contributed by atoms with Crippen molar-refractivity contribution in [3.05, 3.63) is 5.82 Å². The van der Waals surface area contributed by atoms with E-state index >= 15 is 0 Å². The highest BCUT2D eigenvalue weighted by molar-refractivity contribution is 7.09. The third kappa shape index (κ3) is 4.38. The summed E-state index contributed by atoms with van der Waals surface area (Å²) in [7, 11) is 1.70. The van der Waals surface area contributed by atoms with E-state index in [0.29, 0.717) is 18.8 Å². The summed E-state index contributed by atoms with van der Waals surface area (Å²) in [6.45, 7) is 4.32. The van der Waals surface area contributed by atoms with Crippen LogP contribution in [0.25, 0.3) is 0 Å². The lowest BCUT2D eigenvalue weighted by molar-refractivity contribution is -0.0280. The van der Waals surface area contributed by atoms with Crippen LogP contribution >= 0.6 is 11.5 Å². The van der Waals surface area contributed by atoms with E-state index in [1.165, 1.54) is 18.0 Å². The maximum Gasteiger partial charge on any atom is 0.205 e. The van der Waals surface area contributed by atoms with Gasteiger partial charge in [-0.3, -0.25) is 0 Å². The molecule has 3 rings (SSSR count). The number of hydrogen-bond donors (Lipinski definition) is 0. The zero-order chi connectivity index (χ0) is 15.2. The number of ether oxygens (including phenoxy) is 3. The normalized spacial score (nSPS) is 23.3. The molecule has 6 nitrogen and oxygen atoms in total. The smallest absolute Gasteiger partial charge is 0.205 e. The van der Waals surface area contributed by atoms with Crippen LogP contribution in [0.5, 0.6) is 0 Å². The lowest BCUT2D eigenvalue weighted by atomic mass is 10.1. The number of aromatic nitrogens is 2. The number of methoxy groups -OCH3 is 1. The highest BCUT2D eigenvalue weighted by atomic mass is 32.1. The van der Waals surface area contributed by atoms with Crippen LogP contribution in [0.15, 0.2) is 0 Å². The Morgan fingerprint density at radius 2 is 2.18 bits per heavy atom. The summed E-state index contributed by atoms with van der Waals surface area (Å²) in [5, 5.41) is 1.03. The van der Waals surface area contributed by atoms with Gasteiger partial charge >= 0.3 is 0 Å². The molecule has 2 saturated heterocycles. The van der Waals surface area contributed by atoms with Gasteiger partial charge in [0.2, 0.25) is 5.13 Å². The molecule has 0 bridgehead atoms. The molecule has 2 aliphatic heterocycles. The molecule has 0 radical (unpaired) electrons. The maximum absolute atomic E-state index is 6.01. The first-order chi connectivity index (χ1) is 10.8. The second kappa shape index (κ2) is 8.19.